The molecule has 2 atom stereocenters. The molecule has 0 aromatic rings. The summed E-state index contributed by atoms with van der Waals surface area (Å²) in [5.74, 6) is 0.839. The molecule has 58 valence electrons. The Morgan fingerprint density at radius 1 is 1.40 bits per heavy atom. The Balaban J connectivity index is 1.97. The van der Waals surface area contributed by atoms with E-state index in [9.17, 15) is 0 Å². The summed E-state index contributed by atoms with van der Waals surface area (Å²) in [6.07, 6.45) is 3.21. The minimum Gasteiger partial charge on any atom is -0.377 e. The Bertz CT molecular complexity index is 117. The van der Waals surface area contributed by atoms with Crippen LogP contribution in [0.25, 0.3) is 0 Å². The van der Waals surface area contributed by atoms with Crippen LogP contribution in [0.5, 0.6) is 0 Å². The first kappa shape index (κ1) is 7.31. The van der Waals surface area contributed by atoms with Gasteiger partial charge in [0.05, 0.1) is 6.10 Å². The number of rotatable bonds is 0. The van der Waals surface area contributed by atoms with Gasteiger partial charge in [-0.3, -0.25) is 0 Å². The van der Waals surface area contributed by atoms with Crippen LogP contribution in [0.4, 0.5) is 0 Å². The summed E-state index contributed by atoms with van der Waals surface area (Å²) in [7, 11) is 0. The summed E-state index contributed by atoms with van der Waals surface area (Å²) in [6, 6.07) is 0. The predicted molar refractivity (Wildman–Crippen MR) is 48.1 cm³/mol. The molecule has 0 saturated carbocycles. The van der Waals surface area contributed by atoms with Crippen molar-refractivity contribution in [3.8, 4) is 0 Å². The molecule has 0 N–H and O–H groups in total. The van der Waals surface area contributed by atoms with Crippen molar-refractivity contribution < 1.29 is 4.74 Å². The number of ether oxygens (including phenoxy) is 1. The summed E-state index contributed by atoms with van der Waals surface area (Å²) in [4.78, 5) is 0. The lowest BCUT2D eigenvalue weighted by Gasteiger charge is -2.23. The molecule has 0 radical (unpaired) electrons. The third-order valence-corrected chi connectivity index (χ3v) is 3.18. The van der Waals surface area contributed by atoms with E-state index in [1.54, 1.807) is 0 Å². The average molecular weight is 253 g/mol. The average Bonchev–Trinajstić information content (AvgIpc) is 2.27. The summed E-state index contributed by atoms with van der Waals surface area (Å²) in [5, 5.41) is 0. The molecule has 0 aliphatic carbocycles. The molecule has 0 aromatic carbocycles. The van der Waals surface area contributed by atoms with Gasteiger partial charge in [0.25, 0.3) is 0 Å². The second-order valence-corrected chi connectivity index (χ2v) is 4.50. The molecule has 2 heterocycles. The molecular weight excluding hydrogens is 241 g/mol. The molecule has 2 unspecified atom stereocenters. The lowest BCUT2D eigenvalue weighted by atomic mass is 9.98. The van der Waals surface area contributed by atoms with Gasteiger partial charge in [0, 0.05) is 42.6 Å². The van der Waals surface area contributed by atoms with Crippen molar-refractivity contribution in [3.05, 3.63) is 0 Å². The zero-order valence-electron chi connectivity index (χ0n) is 5.92. The second kappa shape index (κ2) is 2.95. The highest BCUT2D eigenvalue weighted by Gasteiger charge is 2.34. The van der Waals surface area contributed by atoms with Gasteiger partial charge in [-0.05, 0) is 18.8 Å². The van der Waals surface area contributed by atoms with Crippen LogP contribution in [0.3, 0.4) is 0 Å². The number of nitrogens with zero attached hydrogens (tertiary/aromatic N) is 1. The summed E-state index contributed by atoms with van der Waals surface area (Å²) >= 11 is 2.39. The number of fused-ring (bicyclic) bond motifs is 1. The molecule has 0 aromatic heterocycles. The highest BCUT2D eigenvalue weighted by atomic mass is 127. The molecule has 2 fully saturated rings. The Kier molecular flexibility index (Phi) is 2.15. The minimum atomic E-state index is 0.561. The molecule has 0 spiro atoms. The maximum Gasteiger partial charge on any atom is 0.0750 e. The van der Waals surface area contributed by atoms with E-state index in [0.717, 1.165) is 19.1 Å². The van der Waals surface area contributed by atoms with Crippen LogP contribution in [0.1, 0.15) is 12.8 Å². The number of hydrogen-bond donors (Lipinski definition) is 0. The van der Waals surface area contributed by atoms with E-state index >= 15 is 0 Å². The van der Waals surface area contributed by atoms with E-state index in [1.807, 2.05) is 0 Å². The highest BCUT2D eigenvalue weighted by molar-refractivity contribution is 14.1. The molecule has 0 amide bonds. The standard InChI is InChI=1S/C7H12INO/c8-9-4-6-2-1-3-10-7(6)5-9/h6-7H,1-5H2. The van der Waals surface area contributed by atoms with Crippen LogP contribution in [0, 0.1) is 5.92 Å². The van der Waals surface area contributed by atoms with Gasteiger partial charge in [0.1, 0.15) is 0 Å². The number of hydrogen-bond acceptors (Lipinski definition) is 2. The van der Waals surface area contributed by atoms with Gasteiger partial charge in [-0.1, -0.05) is 0 Å². The van der Waals surface area contributed by atoms with Crippen LogP contribution >= 0.6 is 22.9 Å². The van der Waals surface area contributed by atoms with Crippen LogP contribution in [0.2, 0.25) is 0 Å². The van der Waals surface area contributed by atoms with Crippen molar-refractivity contribution in [1.82, 2.24) is 3.11 Å². The second-order valence-electron chi connectivity index (χ2n) is 3.14. The zero-order valence-corrected chi connectivity index (χ0v) is 8.08. The van der Waals surface area contributed by atoms with Crippen molar-refractivity contribution in [1.29, 1.82) is 0 Å². The molecule has 2 aliphatic rings. The minimum absolute atomic E-state index is 0.561. The van der Waals surface area contributed by atoms with Crippen molar-refractivity contribution >= 4 is 22.9 Å². The molecule has 2 rings (SSSR count). The van der Waals surface area contributed by atoms with Gasteiger partial charge < -0.3 is 4.74 Å². The maximum absolute atomic E-state index is 5.63. The van der Waals surface area contributed by atoms with Crippen LogP contribution in [-0.2, 0) is 4.74 Å². The number of halogens is 1. The maximum atomic E-state index is 5.63. The first-order chi connectivity index (χ1) is 4.86. The summed E-state index contributed by atoms with van der Waals surface area (Å²) in [6.45, 7) is 3.38. The Morgan fingerprint density at radius 2 is 2.30 bits per heavy atom. The van der Waals surface area contributed by atoms with E-state index < -0.39 is 0 Å². The zero-order chi connectivity index (χ0) is 6.97. The predicted octanol–water partition coefficient (Wildman–Crippen LogP) is 1.45. The fourth-order valence-electron chi connectivity index (χ4n) is 1.84. The Labute approximate surface area is 75.4 Å². The molecular formula is C7H12INO. The van der Waals surface area contributed by atoms with Crippen molar-refractivity contribution in [2.45, 2.75) is 18.9 Å². The molecule has 10 heavy (non-hydrogen) atoms. The van der Waals surface area contributed by atoms with Gasteiger partial charge in [-0.25, -0.2) is 3.11 Å². The normalized spacial score (nSPS) is 41.7. The quantitative estimate of drug-likeness (QED) is 0.478. The molecule has 0 bridgehead atoms. The van der Waals surface area contributed by atoms with E-state index in [0.29, 0.717) is 6.10 Å². The van der Waals surface area contributed by atoms with E-state index in [1.165, 1.54) is 19.4 Å². The van der Waals surface area contributed by atoms with Gasteiger partial charge >= 0.3 is 0 Å². The molecule has 2 aliphatic heterocycles. The van der Waals surface area contributed by atoms with Crippen molar-refractivity contribution in [2.75, 3.05) is 19.7 Å². The van der Waals surface area contributed by atoms with Gasteiger partial charge in [0.15, 0.2) is 0 Å². The van der Waals surface area contributed by atoms with E-state index in [2.05, 4.69) is 26.0 Å². The smallest absolute Gasteiger partial charge is 0.0750 e. The summed E-state index contributed by atoms with van der Waals surface area (Å²) < 4.78 is 7.97. The third-order valence-electron chi connectivity index (χ3n) is 2.39. The third kappa shape index (κ3) is 1.31. The summed E-state index contributed by atoms with van der Waals surface area (Å²) in [5.41, 5.74) is 0. The first-order valence-corrected chi connectivity index (χ1v) is 4.85. The first-order valence-electron chi connectivity index (χ1n) is 3.88. The Morgan fingerprint density at radius 3 is 3.10 bits per heavy atom. The lowest BCUT2D eigenvalue weighted by Crippen LogP contribution is -2.27. The largest absolute Gasteiger partial charge is 0.377 e. The van der Waals surface area contributed by atoms with Crippen LogP contribution < -0.4 is 0 Å². The van der Waals surface area contributed by atoms with Crippen LogP contribution in [-0.4, -0.2) is 28.9 Å². The molecule has 2 nitrogen and oxygen atoms in total. The van der Waals surface area contributed by atoms with Crippen molar-refractivity contribution in [2.24, 2.45) is 5.92 Å². The van der Waals surface area contributed by atoms with Gasteiger partial charge in [-0.15, -0.1) is 0 Å². The lowest BCUT2D eigenvalue weighted by molar-refractivity contribution is 0.000166. The topological polar surface area (TPSA) is 12.5 Å². The van der Waals surface area contributed by atoms with Crippen LogP contribution in [0.15, 0.2) is 0 Å². The van der Waals surface area contributed by atoms with E-state index in [4.69, 9.17) is 4.74 Å². The fourth-order valence-corrected chi connectivity index (χ4v) is 2.73. The Hall–Kier alpha value is 0.650. The van der Waals surface area contributed by atoms with Gasteiger partial charge in [-0.2, -0.15) is 0 Å². The van der Waals surface area contributed by atoms with Gasteiger partial charge in [0.2, 0.25) is 0 Å². The van der Waals surface area contributed by atoms with E-state index in [-0.39, 0.29) is 0 Å². The SMILES string of the molecule is IN1CC2CCCOC2C1. The van der Waals surface area contributed by atoms with Crippen molar-refractivity contribution in [3.63, 3.8) is 0 Å². The monoisotopic (exact) mass is 253 g/mol. The fraction of sp³-hybridized carbons (Fsp3) is 1.00. The highest BCUT2D eigenvalue weighted by Crippen LogP contribution is 2.29. The molecule has 3 heteroatoms. The molecule has 2 saturated heterocycles.